The molecule has 2 spiro atoms. The summed E-state index contributed by atoms with van der Waals surface area (Å²) < 4.78 is 7.21. The number of aliphatic hydroxyl groups is 3. The highest BCUT2D eigenvalue weighted by Gasteiger charge is 2.76. The first-order chi connectivity index (χ1) is 16.6. The zero-order chi connectivity index (χ0) is 24.4. The van der Waals surface area contributed by atoms with Crippen LogP contribution >= 0.6 is 0 Å². The number of aromatic nitrogens is 2. The molecule has 0 amide bonds. The number of aliphatic hydroxyl groups excluding tert-OH is 2. The first-order valence-electron chi connectivity index (χ1n) is 13.2. The van der Waals surface area contributed by atoms with Crippen LogP contribution in [0.25, 0.3) is 16.5 Å². The van der Waals surface area contributed by atoms with Gasteiger partial charge in [-0.15, -0.1) is 0 Å². The van der Waals surface area contributed by atoms with Crippen molar-refractivity contribution in [2.75, 3.05) is 14.1 Å². The van der Waals surface area contributed by atoms with E-state index in [-0.39, 0.29) is 23.3 Å². The third-order valence-corrected chi connectivity index (χ3v) is 11.0. The number of fused-ring (bicyclic) bond motifs is 2. The fraction of sp³-hybridized carbons (Fsp3) is 0.679. The maximum absolute atomic E-state index is 12.3. The number of hydrogen-bond acceptors (Lipinski definition) is 6. The molecule has 2 saturated heterocycles. The van der Waals surface area contributed by atoms with E-state index in [0.29, 0.717) is 19.3 Å². The van der Waals surface area contributed by atoms with Gasteiger partial charge in [-0.2, -0.15) is 5.10 Å². The maximum Gasteiger partial charge on any atom is 0.102 e. The minimum absolute atomic E-state index is 0.0912. The van der Waals surface area contributed by atoms with E-state index >= 15 is 0 Å². The van der Waals surface area contributed by atoms with Gasteiger partial charge in [0.1, 0.15) is 5.60 Å². The zero-order valence-electron chi connectivity index (χ0n) is 20.9. The average molecular weight is 480 g/mol. The molecule has 1 aromatic carbocycles. The van der Waals surface area contributed by atoms with E-state index in [1.807, 2.05) is 25.2 Å². The molecular weight excluding hydrogens is 442 g/mol. The van der Waals surface area contributed by atoms with Crippen LogP contribution in [0.3, 0.4) is 0 Å². The van der Waals surface area contributed by atoms with Crippen LogP contribution in [-0.4, -0.2) is 79.6 Å². The quantitative estimate of drug-likeness (QED) is 0.528. The molecule has 2 aliphatic heterocycles. The summed E-state index contributed by atoms with van der Waals surface area (Å²) in [6.07, 6.45) is 7.78. The third kappa shape index (κ3) is 2.66. The summed E-state index contributed by atoms with van der Waals surface area (Å²) in [5.41, 5.74) is 1.44. The summed E-state index contributed by atoms with van der Waals surface area (Å²) in [5.74, 6) is -0.0568. The van der Waals surface area contributed by atoms with Gasteiger partial charge < -0.3 is 25.0 Å². The molecule has 3 aliphatic carbocycles. The van der Waals surface area contributed by atoms with E-state index in [2.05, 4.69) is 41.4 Å². The molecule has 3 heterocycles. The van der Waals surface area contributed by atoms with Crippen molar-refractivity contribution in [3.05, 3.63) is 36.0 Å². The van der Waals surface area contributed by atoms with Gasteiger partial charge in [-0.3, -0.25) is 5.10 Å². The predicted molar refractivity (Wildman–Crippen MR) is 132 cm³/mol. The molecule has 3 unspecified atom stereocenters. The zero-order valence-corrected chi connectivity index (χ0v) is 20.9. The van der Waals surface area contributed by atoms with Crippen LogP contribution in [0.15, 0.2) is 30.5 Å². The van der Waals surface area contributed by atoms with Gasteiger partial charge in [-0.25, -0.2) is 0 Å². The summed E-state index contributed by atoms with van der Waals surface area (Å²) in [6, 6.07) is 6.38. The number of allylic oxidation sites excluding steroid dienone is 2. The second-order valence-electron chi connectivity index (χ2n) is 12.6. The van der Waals surface area contributed by atoms with Crippen molar-refractivity contribution in [3.8, 4) is 0 Å². The smallest absolute Gasteiger partial charge is 0.102 e. The Morgan fingerprint density at radius 2 is 1.91 bits per heavy atom. The van der Waals surface area contributed by atoms with Gasteiger partial charge in [0.05, 0.1) is 35.1 Å². The normalized spacial score (nSPS) is 48.5. The number of nitrogens with one attached hydrogen (secondary N) is 1. The van der Waals surface area contributed by atoms with Gasteiger partial charge in [0.2, 0.25) is 0 Å². The molecule has 1 aromatic heterocycles. The van der Waals surface area contributed by atoms with Crippen molar-refractivity contribution in [3.63, 3.8) is 0 Å². The van der Waals surface area contributed by atoms with Crippen molar-refractivity contribution in [1.82, 2.24) is 15.1 Å². The number of ether oxygens (including phenoxy) is 1. The maximum atomic E-state index is 12.3. The monoisotopic (exact) mass is 479 g/mol. The Bertz CT molecular complexity index is 1230. The van der Waals surface area contributed by atoms with Crippen LogP contribution in [-0.2, 0) is 4.74 Å². The molecule has 7 heteroatoms. The highest BCUT2D eigenvalue weighted by molar-refractivity contribution is 5.84. The Morgan fingerprint density at radius 3 is 2.71 bits per heavy atom. The van der Waals surface area contributed by atoms with Gasteiger partial charge >= 0.3 is 0 Å². The molecule has 4 N–H and O–H groups in total. The Kier molecular flexibility index (Phi) is 4.46. The second-order valence-corrected chi connectivity index (χ2v) is 12.6. The van der Waals surface area contributed by atoms with Gasteiger partial charge in [-0.1, -0.05) is 25.1 Å². The minimum atomic E-state index is -0.982. The summed E-state index contributed by atoms with van der Waals surface area (Å²) in [7, 11) is 3.92. The van der Waals surface area contributed by atoms with Gasteiger partial charge in [-0.05, 0) is 81.7 Å². The molecule has 7 nitrogen and oxygen atoms in total. The lowest BCUT2D eigenvalue weighted by molar-refractivity contribution is -0.331. The lowest BCUT2D eigenvalue weighted by Gasteiger charge is -2.65. The summed E-state index contributed by atoms with van der Waals surface area (Å²) >= 11 is 0. The van der Waals surface area contributed by atoms with Gasteiger partial charge in [0.15, 0.2) is 0 Å². The molecule has 5 aliphatic rings. The SMILES string of the molecule is CN(C)[C@H]1C[C@@]23CC[C@]4(O2)C2CC=C(c5ccc6cn[nH]c6c5)[C@@]2(C)CCC4(O)CC3[C@@H](O)[C@@H]1O. The number of nitrogens with zero attached hydrogens (tertiary/aromatic N) is 2. The Balaban J connectivity index is 1.28. The molecule has 35 heavy (non-hydrogen) atoms. The molecule has 0 radical (unpaired) electrons. The van der Waals surface area contributed by atoms with E-state index in [0.717, 1.165) is 36.6 Å². The van der Waals surface area contributed by atoms with E-state index in [1.165, 1.54) is 11.1 Å². The Labute approximate surface area is 206 Å². The van der Waals surface area contributed by atoms with Crippen LogP contribution in [0.5, 0.6) is 0 Å². The van der Waals surface area contributed by atoms with Crippen molar-refractivity contribution < 1.29 is 20.1 Å². The summed E-state index contributed by atoms with van der Waals surface area (Å²) in [6.45, 7) is 2.37. The van der Waals surface area contributed by atoms with Gasteiger partial charge in [0.25, 0.3) is 0 Å². The third-order valence-electron chi connectivity index (χ3n) is 11.0. The highest BCUT2D eigenvalue weighted by Crippen LogP contribution is 2.71. The number of rotatable bonds is 2. The largest absolute Gasteiger partial charge is 0.390 e. The van der Waals surface area contributed by atoms with Crippen LogP contribution < -0.4 is 0 Å². The van der Waals surface area contributed by atoms with Crippen molar-refractivity contribution in [1.29, 1.82) is 0 Å². The minimum Gasteiger partial charge on any atom is -0.390 e. The van der Waals surface area contributed by atoms with Crippen LogP contribution in [0, 0.1) is 17.3 Å². The van der Waals surface area contributed by atoms with Crippen molar-refractivity contribution in [2.45, 2.75) is 86.9 Å². The molecule has 188 valence electrons. The highest BCUT2D eigenvalue weighted by atomic mass is 16.6. The first-order valence-corrected chi connectivity index (χ1v) is 13.2. The molecular formula is C28H37N3O4. The lowest BCUT2D eigenvalue weighted by atomic mass is 9.51. The predicted octanol–water partition coefficient (Wildman–Crippen LogP) is 2.86. The topological polar surface area (TPSA) is 102 Å². The van der Waals surface area contributed by atoms with E-state index < -0.39 is 29.0 Å². The van der Waals surface area contributed by atoms with E-state index in [1.54, 1.807) is 0 Å². The van der Waals surface area contributed by atoms with E-state index in [9.17, 15) is 15.3 Å². The van der Waals surface area contributed by atoms with Gasteiger partial charge in [0, 0.05) is 23.3 Å². The van der Waals surface area contributed by atoms with Crippen LogP contribution in [0.2, 0.25) is 0 Å². The Morgan fingerprint density at radius 1 is 1.09 bits per heavy atom. The summed E-state index contributed by atoms with van der Waals surface area (Å²) in [4.78, 5) is 2.01. The molecule has 7 rings (SSSR count). The fourth-order valence-corrected chi connectivity index (χ4v) is 9.16. The number of hydrogen-bond donors (Lipinski definition) is 4. The number of likely N-dealkylation sites (N-methyl/N-ethyl adjacent to an activating group) is 1. The molecule has 2 aromatic rings. The molecule has 2 bridgehead atoms. The average Bonchev–Trinajstić information content (AvgIpc) is 3.52. The summed E-state index contributed by atoms with van der Waals surface area (Å²) in [5, 5.41) is 42.8. The van der Waals surface area contributed by atoms with Crippen LogP contribution in [0.4, 0.5) is 0 Å². The van der Waals surface area contributed by atoms with E-state index in [4.69, 9.17) is 4.74 Å². The standard InChI is InChI=1S/C28H37N3O4/c1-25-8-10-27(34)13-19-23(32)24(33)21(31(2)3)14-26(19)9-11-28(27,35-26)22(25)7-6-18(25)16-4-5-17-15-29-30-20(17)12-16/h4-6,12,15,19,21-24,32-34H,7-11,13-14H2,1-3H3,(H,29,30)/t19?,21-,22?,23+,24+,25+,26+,27?,28-/m0/s1. The van der Waals surface area contributed by atoms with Crippen LogP contribution in [0.1, 0.15) is 57.4 Å². The number of H-pyrrole nitrogens is 1. The lowest BCUT2D eigenvalue weighted by Crippen LogP contribution is -2.73. The number of benzene rings is 1. The Hall–Kier alpha value is -1.77. The molecule has 4 fully saturated rings. The fourth-order valence-electron chi connectivity index (χ4n) is 9.16. The van der Waals surface area contributed by atoms with Crippen molar-refractivity contribution >= 4 is 16.5 Å². The first kappa shape index (κ1) is 22.4. The molecule has 9 atom stereocenters. The molecule has 2 saturated carbocycles. The van der Waals surface area contributed by atoms with Crippen molar-refractivity contribution in [2.24, 2.45) is 17.3 Å². The number of aromatic amines is 1. The second kappa shape index (κ2) is 6.95.